The Labute approximate surface area is 183 Å². The first-order valence-electron chi connectivity index (χ1n) is 10.4. The molecule has 0 atom stereocenters. The van der Waals surface area contributed by atoms with E-state index < -0.39 is 0 Å². The van der Waals surface area contributed by atoms with Crippen molar-refractivity contribution in [1.82, 2.24) is 0 Å². The van der Waals surface area contributed by atoms with E-state index in [1.807, 2.05) is 95.3 Å². The largest absolute Gasteiger partial charge is 0.350 e. The average Bonchev–Trinajstić information content (AvgIpc) is 2.95. The van der Waals surface area contributed by atoms with Gasteiger partial charge in [-0.15, -0.1) is 0 Å². The summed E-state index contributed by atoms with van der Waals surface area (Å²) in [4.78, 5) is 28.5. The number of hydrogen-bond acceptors (Lipinski definition) is 3. The molecule has 0 radical (unpaired) electrons. The van der Waals surface area contributed by atoms with Gasteiger partial charge in [0.2, 0.25) is 0 Å². The van der Waals surface area contributed by atoms with Gasteiger partial charge in [-0.1, -0.05) is 48.0 Å². The third-order valence-corrected chi connectivity index (χ3v) is 5.87. The molecule has 31 heavy (non-hydrogen) atoms. The van der Waals surface area contributed by atoms with Crippen molar-refractivity contribution in [3.05, 3.63) is 99.7 Å². The highest BCUT2D eigenvalue weighted by molar-refractivity contribution is 6.46. The summed E-state index contributed by atoms with van der Waals surface area (Å²) < 4.78 is 0. The number of carbonyl (C=O) groups excluding carboxylic acids is 2. The maximum Gasteiger partial charge on any atom is 0.282 e. The zero-order chi connectivity index (χ0) is 22.3. The van der Waals surface area contributed by atoms with Crippen LogP contribution in [0.5, 0.6) is 0 Å². The van der Waals surface area contributed by atoms with Gasteiger partial charge in [-0.3, -0.25) is 9.59 Å². The molecule has 0 fully saturated rings. The monoisotopic (exact) mass is 410 g/mol. The van der Waals surface area contributed by atoms with E-state index in [4.69, 9.17) is 0 Å². The Morgan fingerprint density at radius 1 is 0.677 bits per heavy atom. The van der Waals surface area contributed by atoms with Gasteiger partial charge in [-0.25, -0.2) is 4.90 Å². The SMILES string of the molecule is Cc1ccc(C2=C(Nc3ccc(C)c(C)c3)C(=O)N(c3ccccc3C)C2=O)c(C)c1. The molecule has 4 nitrogen and oxygen atoms in total. The van der Waals surface area contributed by atoms with Gasteiger partial charge in [-0.2, -0.15) is 0 Å². The van der Waals surface area contributed by atoms with Crippen molar-refractivity contribution >= 4 is 28.8 Å². The highest BCUT2D eigenvalue weighted by Crippen LogP contribution is 2.36. The summed E-state index contributed by atoms with van der Waals surface area (Å²) >= 11 is 0. The second-order valence-electron chi connectivity index (χ2n) is 8.22. The summed E-state index contributed by atoms with van der Waals surface area (Å²) in [6.45, 7) is 9.96. The van der Waals surface area contributed by atoms with Crippen molar-refractivity contribution in [3.63, 3.8) is 0 Å². The summed E-state index contributed by atoms with van der Waals surface area (Å²) in [5.41, 5.74) is 8.11. The molecule has 0 unspecified atom stereocenters. The Morgan fingerprint density at radius 3 is 2.10 bits per heavy atom. The number of hydrogen-bond donors (Lipinski definition) is 1. The number of aryl methyl sites for hydroxylation is 5. The number of carbonyl (C=O) groups is 2. The van der Waals surface area contributed by atoms with Crippen molar-refractivity contribution < 1.29 is 9.59 Å². The fraction of sp³-hybridized carbons (Fsp3) is 0.185. The Hall–Kier alpha value is -3.66. The molecule has 4 heteroatoms. The number of benzene rings is 3. The maximum atomic E-state index is 13.6. The van der Waals surface area contributed by atoms with Crippen molar-refractivity contribution in [2.45, 2.75) is 34.6 Å². The lowest BCUT2D eigenvalue weighted by molar-refractivity contribution is -0.120. The molecule has 0 bridgehead atoms. The standard InChI is InChI=1S/C27H26N2O2/c1-16-10-13-22(20(5)14-16)24-25(28-21-12-11-17(2)19(4)15-21)27(31)29(26(24)30)23-9-7-6-8-18(23)3/h6-15,28H,1-5H3. The van der Waals surface area contributed by atoms with Gasteiger partial charge in [-0.05, 0) is 80.6 Å². The topological polar surface area (TPSA) is 49.4 Å². The van der Waals surface area contributed by atoms with E-state index in [2.05, 4.69) is 5.32 Å². The van der Waals surface area contributed by atoms with Crippen LogP contribution in [0, 0.1) is 34.6 Å². The smallest absolute Gasteiger partial charge is 0.282 e. The van der Waals surface area contributed by atoms with Crippen LogP contribution in [0.1, 0.15) is 33.4 Å². The van der Waals surface area contributed by atoms with Crippen molar-refractivity contribution in [2.24, 2.45) is 0 Å². The summed E-state index contributed by atoms with van der Waals surface area (Å²) in [6.07, 6.45) is 0. The Bertz CT molecular complexity index is 1250. The highest BCUT2D eigenvalue weighted by Gasteiger charge is 2.41. The summed E-state index contributed by atoms with van der Waals surface area (Å²) in [5, 5.41) is 3.27. The van der Waals surface area contributed by atoms with Crippen LogP contribution < -0.4 is 10.2 Å². The van der Waals surface area contributed by atoms with Crippen LogP contribution in [0.4, 0.5) is 11.4 Å². The zero-order valence-corrected chi connectivity index (χ0v) is 18.5. The van der Waals surface area contributed by atoms with Crippen LogP contribution in [0.25, 0.3) is 5.57 Å². The molecule has 2 amide bonds. The molecule has 156 valence electrons. The first-order valence-corrected chi connectivity index (χ1v) is 10.4. The molecule has 3 aromatic rings. The molecule has 1 aliphatic rings. The van der Waals surface area contributed by atoms with E-state index in [9.17, 15) is 9.59 Å². The third-order valence-electron chi connectivity index (χ3n) is 5.87. The van der Waals surface area contributed by atoms with Gasteiger partial charge in [0.15, 0.2) is 0 Å². The fourth-order valence-corrected chi connectivity index (χ4v) is 3.99. The van der Waals surface area contributed by atoms with E-state index in [0.717, 1.165) is 33.5 Å². The molecule has 1 N–H and O–H groups in total. The Kier molecular flexibility index (Phi) is 5.24. The minimum absolute atomic E-state index is 0.308. The van der Waals surface area contributed by atoms with Gasteiger partial charge in [0.05, 0.1) is 11.3 Å². The molecule has 4 rings (SSSR count). The number of nitrogens with zero attached hydrogens (tertiary/aromatic N) is 1. The van der Waals surface area contributed by atoms with Crippen molar-refractivity contribution in [2.75, 3.05) is 10.2 Å². The minimum atomic E-state index is -0.340. The predicted molar refractivity (Wildman–Crippen MR) is 126 cm³/mol. The van der Waals surface area contributed by atoms with Crippen LogP contribution in [0.3, 0.4) is 0 Å². The fourth-order valence-electron chi connectivity index (χ4n) is 3.99. The van der Waals surface area contributed by atoms with E-state index >= 15 is 0 Å². The Morgan fingerprint density at radius 2 is 1.42 bits per heavy atom. The van der Waals surface area contributed by atoms with Crippen LogP contribution in [-0.2, 0) is 9.59 Å². The van der Waals surface area contributed by atoms with Gasteiger partial charge in [0.1, 0.15) is 5.70 Å². The number of imide groups is 1. The number of para-hydroxylation sites is 1. The van der Waals surface area contributed by atoms with Crippen LogP contribution in [0.15, 0.2) is 66.4 Å². The summed E-state index contributed by atoms with van der Waals surface area (Å²) in [5.74, 6) is -0.648. The number of amides is 2. The molecule has 0 spiro atoms. The van der Waals surface area contributed by atoms with E-state index in [1.54, 1.807) is 0 Å². The van der Waals surface area contributed by atoms with E-state index in [-0.39, 0.29) is 11.8 Å². The summed E-state index contributed by atoms with van der Waals surface area (Å²) in [6, 6.07) is 19.3. The van der Waals surface area contributed by atoms with Gasteiger partial charge in [0, 0.05) is 5.69 Å². The van der Waals surface area contributed by atoms with Crippen LogP contribution in [0.2, 0.25) is 0 Å². The van der Waals surface area contributed by atoms with Crippen molar-refractivity contribution in [3.8, 4) is 0 Å². The normalized spacial score (nSPS) is 13.9. The van der Waals surface area contributed by atoms with E-state index in [1.165, 1.54) is 10.5 Å². The lowest BCUT2D eigenvalue weighted by atomic mass is 9.97. The molecule has 0 aromatic heterocycles. The molecule has 1 heterocycles. The Balaban J connectivity index is 1.88. The lowest BCUT2D eigenvalue weighted by Gasteiger charge is -2.18. The van der Waals surface area contributed by atoms with Crippen molar-refractivity contribution in [1.29, 1.82) is 0 Å². The van der Waals surface area contributed by atoms with Gasteiger partial charge in [0.25, 0.3) is 11.8 Å². The zero-order valence-electron chi connectivity index (χ0n) is 18.5. The van der Waals surface area contributed by atoms with Gasteiger partial charge < -0.3 is 5.32 Å². The molecule has 0 aliphatic carbocycles. The second-order valence-corrected chi connectivity index (χ2v) is 8.22. The minimum Gasteiger partial charge on any atom is -0.350 e. The molecular formula is C27H26N2O2. The quantitative estimate of drug-likeness (QED) is 0.568. The summed E-state index contributed by atoms with van der Waals surface area (Å²) in [7, 11) is 0. The number of rotatable bonds is 4. The van der Waals surface area contributed by atoms with Crippen LogP contribution in [-0.4, -0.2) is 11.8 Å². The third kappa shape index (κ3) is 3.66. The van der Waals surface area contributed by atoms with Crippen LogP contribution >= 0.6 is 0 Å². The maximum absolute atomic E-state index is 13.6. The number of nitrogens with one attached hydrogen (secondary N) is 1. The molecule has 0 saturated heterocycles. The van der Waals surface area contributed by atoms with Gasteiger partial charge >= 0.3 is 0 Å². The van der Waals surface area contributed by atoms with E-state index in [0.29, 0.717) is 17.0 Å². The molecule has 0 saturated carbocycles. The first-order chi connectivity index (χ1) is 14.8. The highest BCUT2D eigenvalue weighted by atomic mass is 16.2. The number of anilines is 2. The molecular weight excluding hydrogens is 384 g/mol. The molecule has 1 aliphatic heterocycles. The predicted octanol–water partition coefficient (Wildman–Crippen LogP) is 5.63. The second kappa shape index (κ2) is 7.88. The first kappa shape index (κ1) is 20.6. The molecule has 3 aromatic carbocycles. The lowest BCUT2D eigenvalue weighted by Crippen LogP contribution is -2.33. The average molecular weight is 411 g/mol.